The predicted molar refractivity (Wildman–Crippen MR) is 107 cm³/mol. The average Bonchev–Trinajstić information content (AvgIpc) is 3.32. The van der Waals surface area contributed by atoms with Gasteiger partial charge in [-0.05, 0) is 30.5 Å². The minimum atomic E-state index is 0.704. The molecule has 0 spiro atoms. The van der Waals surface area contributed by atoms with Crippen molar-refractivity contribution in [3.8, 4) is 11.6 Å². The molecule has 1 aliphatic heterocycles. The van der Waals surface area contributed by atoms with E-state index in [1.54, 1.807) is 6.20 Å². The van der Waals surface area contributed by atoms with Crippen LogP contribution in [-0.2, 0) is 0 Å². The molecule has 0 N–H and O–H groups in total. The second-order valence-electron chi connectivity index (χ2n) is 7.60. The first-order chi connectivity index (χ1) is 13.1. The number of piperazine rings is 1. The van der Waals surface area contributed by atoms with Crippen LogP contribution in [0.25, 0.3) is 11.6 Å². The minimum Gasteiger partial charge on any atom is -0.353 e. The van der Waals surface area contributed by atoms with Crippen molar-refractivity contribution in [2.45, 2.75) is 20.8 Å². The van der Waals surface area contributed by atoms with Crippen molar-refractivity contribution >= 4 is 5.82 Å². The molecule has 0 unspecified atom stereocenters. The topological polar surface area (TPSA) is 55.0 Å². The summed E-state index contributed by atoms with van der Waals surface area (Å²) in [5, 5.41) is 9.27. The van der Waals surface area contributed by atoms with E-state index in [0.29, 0.717) is 5.92 Å². The lowest BCUT2D eigenvalue weighted by Gasteiger charge is -2.35. The Balaban J connectivity index is 1.61. The number of pyridine rings is 1. The molecule has 0 amide bonds. The molecule has 0 aliphatic carbocycles. The Labute approximate surface area is 160 Å². The third-order valence-corrected chi connectivity index (χ3v) is 4.85. The molecule has 3 aromatic rings. The van der Waals surface area contributed by atoms with Gasteiger partial charge in [-0.25, -0.2) is 9.67 Å². The first-order valence-electron chi connectivity index (χ1n) is 9.60. The summed E-state index contributed by atoms with van der Waals surface area (Å²) in [4.78, 5) is 9.45. The summed E-state index contributed by atoms with van der Waals surface area (Å²) >= 11 is 0. The molecule has 27 heavy (non-hydrogen) atoms. The number of hydrogen-bond donors (Lipinski definition) is 0. The van der Waals surface area contributed by atoms with Gasteiger partial charge >= 0.3 is 0 Å². The van der Waals surface area contributed by atoms with Gasteiger partial charge in [0.1, 0.15) is 0 Å². The van der Waals surface area contributed by atoms with Gasteiger partial charge in [0.15, 0.2) is 17.5 Å². The van der Waals surface area contributed by atoms with E-state index in [1.165, 1.54) is 0 Å². The lowest BCUT2D eigenvalue weighted by Crippen LogP contribution is -2.47. The van der Waals surface area contributed by atoms with Crippen molar-refractivity contribution in [2.24, 2.45) is 5.92 Å². The SMILES string of the molecule is Cc1ccc(-n2nc(N3CCN(CC(C)C)CC3)cc2-n2cccn2)nc1. The number of aromatic nitrogens is 5. The van der Waals surface area contributed by atoms with Gasteiger partial charge in [-0.3, -0.25) is 4.90 Å². The maximum absolute atomic E-state index is 4.88. The summed E-state index contributed by atoms with van der Waals surface area (Å²) in [5.74, 6) is 3.38. The monoisotopic (exact) mass is 365 g/mol. The standard InChI is InChI=1S/C20H27N7/c1-16(2)15-24-9-11-25(12-10-24)19-13-20(26-8-4-7-22-26)27(23-19)18-6-5-17(3)14-21-18/h4-8,13-14,16H,9-12,15H2,1-3H3. The Hall–Kier alpha value is -2.67. The summed E-state index contributed by atoms with van der Waals surface area (Å²) in [5.41, 5.74) is 1.13. The number of anilines is 1. The first kappa shape index (κ1) is 17.7. The molecule has 0 aromatic carbocycles. The molecule has 4 rings (SSSR count). The summed E-state index contributed by atoms with van der Waals surface area (Å²) in [6.45, 7) is 11.9. The zero-order chi connectivity index (χ0) is 18.8. The largest absolute Gasteiger partial charge is 0.353 e. The molecule has 0 saturated carbocycles. The normalized spacial score (nSPS) is 15.6. The maximum atomic E-state index is 4.88. The first-order valence-corrected chi connectivity index (χ1v) is 9.60. The Bertz CT molecular complexity index is 856. The fourth-order valence-electron chi connectivity index (χ4n) is 3.51. The van der Waals surface area contributed by atoms with Gasteiger partial charge in [0.25, 0.3) is 0 Å². The minimum absolute atomic E-state index is 0.704. The molecule has 1 fully saturated rings. The molecule has 7 heteroatoms. The van der Waals surface area contributed by atoms with Gasteiger partial charge in [0.2, 0.25) is 0 Å². The van der Waals surface area contributed by atoms with Crippen molar-refractivity contribution in [1.82, 2.24) is 29.4 Å². The number of hydrogen-bond acceptors (Lipinski definition) is 5. The van der Waals surface area contributed by atoms with Crippen molar-refractivity contribution in [1.29, 1.82) is 0 Å². The molecule has 0 bridgehead atoms. The highest BCUT2D eigenvalue weighted by Crippen LogP contribution is 2.22. The molecule has 3 aromatic heterocycles. The second-order valence-corrected chi connectivity index (χ2v) is 7.60. The van der Waals surface area contributed by atoms with Crippen LogP contribution in [-0.4, -0.2) is 62.2 Å². The molecule has 142 valence electrons. The summed E-state index contributed by atoms with van der Waals surface area (Å²) in [7, 11) is 0. The molecule has 1 saturated heterocycles. The van der Waals surface area contributed by atoms with Gasteiger partial charge in [0, 0.05) is 57.4 Å². The molecular weight excluding hydrogens is 338 g/mol. The second kappa shape index (κ2) is 7.52. The lowest BCUT2D eigenvalue weighted by molar-refractivity contribution is 0.231. The van der Waals surface area contributed by atoms with Crippen LogP contribution in [0.2, 0.25) is 0 Å². The predicted octanol–water partition coefficient (Wildman–Crippen LogP) is 2.54. The highest BCUT2D eigenvalue weighted by Gasteiger charge is 2.22. The molecule has 0 atom stereocenters. The highest BCUT2D eigenvalue weighted by atomic mass is 15.5. The fourth-order valence-corrected chi connectivity index (χ4v) is 3.51. The summed E-state index contributed by atoms with van der Waals surface area (Å²) in [6, 6.07) is 8.08. The Morgan fingerprint density at radius 2 is 1.89 bits per heavy atom. The average molecular weight is 365 g/mol. The van der Waals surface area contributed by atoms with E-state index in [4.69, 9.17) is 5.10 Å². The van der Waals surface area contributed by atoms with E-state index in [0.717, 1.165) is 55.7 Å². The quantitative estimate of drug-likeness (QED) is 0.695. The van der Waals surface area contributed by atoms with Crippen molar-refractivity contribution in [3.05, 3.63) is 48.4 Å². The van der Waals surface area contributed by atoms with Gasteiger partial charge in [-0.1, -0.05) is 19.9 Å². The van der Waals surface area contributed by atoms with E-state index in [9.17, 15) is 0 Å². The molecular formula is C20H27N7. The zero-order valence-electron chi connectivity index (χ0n) is 16.3. The Morgan fingerprint density at radius 3 is 2.52 bits per heavy atom. The van der Waals surface area contributed by atoms with Gasteiger partial charge in [-0.2, -0.15) is 9.78 Å². The van der Waals surface area contributed by atoms with E-state index in [2.05, 4.69) is 45.9 Å². The number of aryl methyl sites for hydroxylation is 1. The van der Waals surface area contributed by atoms with Crippen molar-refractivity contribution in [2.75, 3.05) is 37.6 Å². The fraction of sp³-hybridized carbons (Fsp3) is 0.450. The molecule has 7 nitrogen and oxygen atoms in total. The zero-order valence-corrected chi connectivity index (χ0v) is 16.3. The van der Waals surface area contributed by atoms with Crippen LogP contribution in [0.4, 0.5) is 5.82 Å². The van der Waals surface area contributed by atoms with Crippen LogP contribution in [0, 0.1) is 12.8 Å². The van der Waals surface area contributed by atoms with E-state index >= 15 is 0 Å². The van der Waals surface area contributed by atoms with Crippen LogP contribution in [0.5, 0.6) is 0 Å². The third kappa shape index (κ3) is 3.88. The molecule has 0 radical (unpaired) electrons. The van der Waals surface area contributed by atoms with Crippen LogP contribution >= 0.6 is 0 Å². The smallest absolute Gasteiger partial charge is 0.161 e. The summed E-state index contributed by atoms with van der Waals surface area (Å²) < 4.78 is 3.72. The van der Waals surface area contributed by atoms with E-state index in [-0.39, 0.29) is 0 Å². The number of rotatable bonds is 5. The van der Waals surface area contributed by atoms with Crippen molar-refractivity contribution in [3.63, 3.8) is 0 Å². The van der Waals surface area contributed by atoms with Gasteiger partial charge < -0.3 is 4.90 Å². The Morgan fingerprint density at radius 1 is 1.07 bits per heavy atom. The van der Waals surface area contributed by atoms with Crippen LogP contribution in [0.15, 0.2) is 42.9 Å². The third-order valence-electron chi connectivity index (χ3n) is 4.85. The van der Waals surface area contributed by atoms with Crippen LogP contribution in [0.1, 0.15) is 19.4 Å². The van der Waals surface area contributed by atoms with Crippen LogP contribution < -0.4 is 4.90 Å². The lowest BCUT2D eigenvalue weighted by atomic mass is 10.2. The van der Waals surface area contributed by atoms with Gasteiger partial charge in [0.05, 0.1) is 0 Å². The summed E-state index contributed by atoms with van der Waals surface area (Å²) in [6.07, 6.45) is 5.59. The van der Waals surface area contributed by atoms with Gasteiger partial charge in [-0.15, -0.1) is 5.10 Å². The van der Waals surface area contributed by atoms with Crippen molar-refractivity contribution < 1.29 is 0 Å². The molecule has 1 aliphatic rings. The van der Waals surface area contributed by atoms with Crippen LogP contribution in [0.3, 0.4) is 0 Å². The molecule has 4 heterocycles. The Kier molecular flexibility index (Phi) is 4.94. The number of nitrogens with zero attached hydrogens (tertiary/aromatic N) is 7. The maximum Gasteiger partial charge on any atom is 0.161 e. The highest BCUT2D eigenvalue weighted by molar-refractivity contribution is 5.48. The van der Waals surface area contributed by atoms with E-state index in [1.807, 2.05) is 40.8 Å². The van der Waals surface area contributed by atoms with E-state index < -0.39 is 0 Å².